The minimum atomic E-state index is -0.120. The van der Waals surface area contributed by atoms with Crippen LogP contribution in [0.4, 0.5) is 0 Å². The van der Waals surface area contributed by atoms with Gasteiger partial charge >= 0.3 is 0 Å². The fourth-order valence-corrected chi connectivity index (χ4v) is 6.14. The molecule has 2 aliphatic heterocycles. The van der Waals surface area contributed by atoms with Crippen molar-refractivity contribution in [3.8, 4) is 0 Å². The zero-order valence-electron chi connectivity index (χ0n) is 19.6. The first kappa shape index (κ1) is 20.5. The lowest BCUT2D eigenvalue weighted by molar-refractivity contribution is 0.292. The van der Waals surface area contributed by atoms with Crippen LogP contribution in [0.5, 0.6) is 0 Å². The Labute approximate surface area is 187 Å². The maximum absolute atomic E-state index is 4.08. The molecule has 3 aromatic carbocycles. The van der Waals surface area contributed by atoms with E-state index in [4.69, 9.17) is 0 Å². The average molecular weight is 410 g/mol. The molecule has 160 valence electrons. The SMILES string of the molecule is CC(C)(C)c1ccc(CC[C@H]2C[C@@]3(C)N[C@@](C)(c4ccccc42)c2ccccc23)cc1. The van der Waals surface area contributed by atoms with Gasteiger partial charge in [0.25, 0.3) is 0 Å². The van der Waals surface area contributed by atoms with E-state index >= 15 is 0 Å². The van der Waals surface area contributed by atoms with Crippen LogP contribution >= 0.6 is 0 Å². The molecule has 5 rings (SSSR count). The van der Waals surface area contributed by atoms with Gasteiger partial charge in [-0.25, -0.2) is 0 Å². The van der Waals surface area contributed by atoms with Crippen LogP contribution < -0.4 is 5.32 Å². The summed E-state index contributed by atoms with van der Waals surface area (Å²) in [6, 6.07) is 27.5. The van der Waals surface area contributed by atoms with Crippen LogP contribution in [0.1, 0.15) is 86.8 Å². The molecule has 0 aliphatic carbocycles. The second-order valence-electron chi connectivity index (χ2n) is 11.1. The molecule has 0 aromatic heterocycles. The van der Waals surface area contributed by atoms with Crippen molar-refractivity contribution in [2.75, 3.05) is 0 Å². The third-order valence-electron chi connectivity index (χ3n) is 7.78. The molecule has 1 nitrogen and oxygen atoms in total. The summed E-state index contributed by atoms with van der Waals surface area (Å²) >= 11 is 0. The molecule has 0 spiro atoms. The van der Waals surface area contributed by atoms with Crippen LogP contribution in [0.15, 0.2) is 72.8 Å². The molecular formula is C30H35N. The Morgan fingerprint density at radius 2 is 1.42 bits per heavy atom. The second kappa shape index (κ2) is 7.07. The van der Waals surface area contributed by atoms with Crippen molar-refractivity contribution in [1.82, 2.24) is 5.32 Å². The van der Waals surface area contributed by atoms with Crippen molar-refractivity contribution in [3.05, 3.63) is 106 Å². The molecule has 1 N–H and O–H groups in total. The van der Waals surface area contributed by atoms with E-state index in [0.29, 0.717) is 5.92 Å². The number of hydrogen-bond acceptors (Lipinski definition) is 1. The van der Waals surface area contributed by atoms with Gasteiger partial charge in [0, 0.05) is 5.54 Å². The van der Waals surface area contributed by atoms with Crippen molar-refractivity contribution in [2.24, 2.45) is 0 Å². The molecule has 2 bridgehead atoms. The van der Waals surface area contributed by atoms with Gasteiger partial charge in [-0.3, -0.25) is 5.32 Å². The van der Waals surface area contributed by atoms with Crippen molar-refractivity contribution in [1.29, 1.82) is 0 Å². The summed E-state index contributed by atoms with van der Waals surface area (Å²) in [7, 11) is 0. The number of rotatable bonds is 3. The number of hydrogen-bond donors (Lipinski definition) is 1. The zero-order chi connectivity index (χ0) is 21.9. The summed E-state index contributed by atoms with van der Waals surface area (Å²) in [5.74, 6) is 0.547. The van der Waals surface area contributed by atoms with Crippen LogP contribution in [-0.2, 0) is 22.9 Å². The summed E-state index contributed by atoms with van der Waals surface area (Å²) in [6.45, 7) is 11.6. The minimum Gasteiger partial charge on any atom is -0.294 e. The van der Waals surface area contributed by atoms with E-state index in [-0.39, 0.29) is 16.5 Å². The minimum absolute atomic E-state index is 0.00508. The van der Waals surface area contributed by atoms with Gasteiger partial charge in [-0.05, 0) is 77.8 Å². The standard InChI is InChI=1S/C30H35N/c1-28(2,3)23-18-15-21(16-19-23)14-17-22-20-29(4)26-12-8-9-13-27(26)30(5,31-29)25-11-7-6-10-24(22)25/h6-13,15-16,18-19,22,31H,14,17,20H2,1-5H3/t22-,29+,30-/m0/s1. The summed E-state index contributed by atoms with van der Waals surface area (Å²) in [4.78, 5) is 0. The van der Waals surface area contributed by atoms with E-state index in [9.17, 15) is 0 Å². The lowest BCUT2D eigenvalue weighted by Crippen LogP contribution is -2.43. The lowest BCUT2D eigenvalue weighted by atomic mass is 9.73. The van der Waals surface area contributed by atoms with E-state index in [1.54, 1.807) is 0 Å². The smallest absolute Gasteiger partial charge is 0.0674 e. The van der Waals surface area contributed by atoms with Crippen LogP contribution in [0.2, 0.25) is 0 Å². The quantitative estimate of drug-likeness (QED) is 0.483. The maximum Gasteiger partial charge on any atom is 0.0674 e. The zero-order valence-corrected chi connectivity index (χ0v) is 19.6. The topological polar surface area (TPSA) is 12.0 Å². The number of fused-ring (bicyclic) bond motifs is 7. The summed E-state index contributed by atoms with van der Waals surface area (Å²) in [5.41, 5.74) is 8.86. The highest BCUT2D eigenvalue weighted by molar-refractivity contribution is 5.55. The highest BCUT2D eigenvalue weighted by Gasteiger charge is 2.51. The molecule has 0 fully saturated rings. The third kappa shape index (κ3) is 3.34. The lowest BCUT2D eigenvalue weighted by Gasteiger charge is -2.30. The van der Waals surface area contributed by atoms with Gasteiger partial charge in [-0.1, -0.05) is 93.6 Å². The van der Waals surface area contributed by atoms with E-state index in [1.165, 1.54) is 39.8 Å². The highest BCUT2D eigenvalue weighted by atomic mass is 15.1. The predicted octanol–water partition coefficient (Wildman–Crippen LogP) is 7.19. The van der Waals surface area contributed by atoms with Crippen LogP contribution in [-0.4, -0.2) is 0 Å². The number of aryl methyl sites for hydroxylation is 1. The fourth-order valence-electron chi connectivity index (χ4n) is 6.14. The largest absolute Gasteiger partial charge is 0.294 e. The van der Waals surface area contributed by atoms with Gasteiger partial charge in [0.05, 0.1) is 5.54 Å². The molecule has 0 saturated carbocycles. The second-order valence-corrected chi connectivity index (χ2v) is 11.1. The van der Waals surface area contributed by atoms with Gasteiger partial charge in [0.1, 0.15) is 0 Å². The summed E-state index contributed by atoms with van der Waals surface area (Å²) < 4.78 is 0. The Morgan fingerprint density at radius 1 is 0.806 bits per heavy atom. The van der Waals surface area contributed by atoms with Gasteiger partial charge in [-0.15, -0.1) is 0 Å². The molecule has 2 aliphatic rings. The molecule has 2 heterocycles. The van der Waals surface area contributed by atoms with Crippen LogP contribution in [0, 0.1) is 0 Å². The fraction of sp³-hybridized carbons (Fsp3) is 0.400. The first-order valence-corrected chi connectivity index (χ1v) is 11.8. The molecule has 0 unspecified atom stereocenters. The number of benzene rings is 3. The maximum atomic E-state index is 4.08. The van der Waals surface area contributed by atoms with E-state index in [0.717, 1.165) is 12.8 Å². The first-order valence-electron chi connectivity index (χ1n) is 11.8. The van der Waals surface area contributed by atoms with Crippen LogP contribution in [0.3, 0.4) is 0 Å². The van der Waals surface area contributed by atoms with Gasteiger partial charge in [0.2, 0.25) is 0 Å². The monoisotopic (exact) mass is 409 g/mol. The summed E-state index contributed by atoms with van der Waals surface area (Å²) in [6.07, 6.45) is 3.44. The van der Waals surface area contributed by atoms with Crippen molar-refractivity contribution >= 4 is 0 Å². The Morgan fingerprint density at radius 3 is 2.10 bits per heavy atom. The molecule has 0 saturated heterocycles. The van der Waals surface area contributed by atoms with E-state index in [2.05, 4.69) is 113 Å². The molecule has 1 heteroatoms. The molecule has 3 atom stereocenters. The Balaban J connectivity index is 1.48. The van der Waals surface area contributed by atoms with Gasteiger partial charge in [-0.2, -0.15) is 0 Å². The van der Waals surface area contributed by atoms with Gasteiger partial charge < -0.3 is 0 Å². The van der Waals surface area contributed by atoms with E-state index in [1.807, 2.05) is 0 Å². The van der Waals surface area contributed by atoms with E-state index < -0.39 is 0 Å². The highest BCUT2D eigenvalue weighted by Crippen LogP contribution is 2.53. The van der Waals surface area contributed by atoms with Gasteiger partial charge in [0.15, 0.2) is 0 Å². The molecule has 3 aromatic rings. The Hall–Kier alpha value is -2.38. The van der Waals surface area contributed by atoms with Crippen molar-refractivity contribution in [3.63, 3.8) is 0 Å². The average Bonchev–Trinajstić information content (AvgIpc) is 2.92. The molecule has 31 heavy (non-hydrogen) atoms. The molecular weight excluding hydrogens is 374 g/mol. The number of nitrogens with one attached hydrogen (secondary N) is 1. The first-order chi connectivity index (χ1) is 14.7. The summed E-state index contributed by atoms with van der Waals surface area (Å²) in [5, 5.41) is 4.08. The Bertz CT molecular complexity index is 1100. The predicted molar refractivity (Wildman–Crippen MR) is 131 cm³/mol. The van der Waals surface area contributed by atoms with Crippen molar-refractivity contribution < 1.29 is 0 Å². The van der Waals surface area contributed by atoms with Crippen LogP contribution in [0.25, 0.3) is 0 Å². The third-order valence-corrected chi connectivity index (χ3v) is 7.78. The van der Waals surface area contributed by atoms with Crippen molar-refractivity contribution in [2.45, 2.75) is 76.3 Å². The Kier molecular flexibility index (Phi) is 4.68. The normalized spacial score (nSPS) is 26.8. The molecule has 0 amide bonds. The molecule has 0 radical (unpaired) electrons.